The molecule has 1 fully saturated rings. The third-order valence-electron chi connectivity index (χ3n) is 7.07. The summed E-state index contributed by atoms with van der Waals surface area (Å²) < 4.78 is 23.3. The van der Waals surface area contributed by atoms with Crippen LogP contribution in [0.4, 0.5) is 9.18 Å². The van der Waals surface area contributed by atoms with Crippen molar-refractivity contribution in [2.75, 3.05) is 26.7 Å². The number of hydrogen-bond donors (Lipinski definition) is 2. The highest BCUT2D eigenvalue weighted by molar-refractivity contribution is 5.90. The van der Waals surface area contributed by atoms with Gasteiger partial charge in [0.15, 0.2) is 5.65 Å². The van der Waals surface area contributed by atoms with E-state index in [1.807, 2.05) is 0 Å². The molecule has 10 heteroatoms. The van der Waals surface area contributed by atoms with E-state index in [1.165, 1.54) is 6.07 Å². The second kappa shape index (κ2) is 11.1. The lowest BCUT2D eigenvalue weighted by Gasteiger charge is -2.29. The minimum absolute atomic E-state index is 0.228. The topological polar surface area (TPSA) is 116 Å². The fraction of sp³-hybridized carbons (Fsp3) is 0.310. The molecule has 2 N–H and O–H groups in total. The van der Waals surface area contributed by atoms with Crippen molar-refractivity contribution in [1.82, 2.24) is 24.6 Å². The highest BCUT2D eigenvalue weighted by atomic mass is 19.1. The van der Waals surface area contributed by atoms with E-state index in [2.05, 4.69) is 28.3 Å². The molecule has 0 radical (unpaired) electrons. The lowest BCUT2D eigenvalue weighted by molar-refractivity contribution is 0.143. The summed E-state index contributed by atoms with van der Waals surface area (Å²) >= 11 is 0. The Hall–Kier alpha value is -4.49. The van der Waals surface area contributed by atoms with Gasteiger partial charge in [0.25, 0.3) is 0 Å². The summed E-state index contributed by atoms with van der Waals surface area (Å²) in [7, 11) is 2.11. The number of amides is 1. The quantitative estimate of drug-likeness (QED) is 0.342. The van der Waals surface area contributed by atoms with Gasteiger partial charge >= 0.3 is 12.1 Å². The predicted octanol–water partition coefficient (Wildman–Crippen LogP) is 5.12. The number of aromatic nitrogens is 3. The van der Waals surface area contributed by atoms with Gasteiger partial charge in [0.1, 0.15) is 5.82 Å². The first kappa shape index (κ1) is 26.1. The van der Waals surface area contributed by atoms with Gasteiger partial charge in [-0.2, -0.15) is 10.2 Å². The lowest BCUT2D eigenvalue weighted by atomic mass is 9.97. The molecular weight excluding hydrogens is 499 g/mol. The summed E-state index contributed by atoms with van der Waals surface area (Å²) in [6.07, 6.45) is 4.39. The third-order valence-corrected chi connectivity index (χ3v) is 7.07. The first-order chi connectivity index (χ1) is 18.8. The molecule has 1 aliphatic heterocycles. The molecule has 0 bridgehead atoms. The van der Waals surface area contributed by atoms with Crippen LogP contribution in [0.15, 0.2) is 54.9 Å². The first-order valence-corrected chi connectivity index (χ1v) is 12.8. The van der Waals surface area contributed by atoms with Gasteiger partial charge in [-0.15, -0.1) is 0 Å². The molecule has 1 saturated heterocycles. The molecule has 0 spiro atoms. The van der Waals surface area contributed by atoms with Crippen LogP contribution in [0.25, 0.3) is 28.0 Å². The summed E-state index contributed by atoms with van der Waals surface area (Å²) in [5.74, 6) is -0.170. The van der Waals surface area contributed by atoms with Crippen molar-refractivity contribution in [2.45, 2.75) is 25.8 Å². The van der Waals surface area contributed by atoms with Gasteiger partial charge in [-0.05, 0) is 57.1 Å². The number of piperidine rings is 1. The molecule has 0 aliphatic carbocycles. The Balaban J connectivity index is 1.60. The first-order valence-electron chi connectivity index (χ1n) is 12.8. The summed E-state index contributed by atoms with van der Waals surface area (Å²) in [5.41, 5.74) is 3.67. The van der Waals surface area contributed by atoms with Crippen LogP contribution in [0.5, 0.6) is 6.01 Å². The Morgan fingerprint density at radius 1 is 1.28 bits per heavy atom. The number of fused-ring (bicyclic) bond motifs is 1. The number of nitrogens with one attached hydrogen (secondary N) is 1. The molecular formula is C29H29FN6O3. The second-order valence-corrected chi connectivity index (χ2v) is 9.92. The van der Waals surface area contributed by atoms with Crippen molar-refractivity contribution in [2.24, 2.45) is 5.92 Å². The Labute approximate surface area is 225 Å². The highest BCUT2D eigenvalue weighted by Crippen LogP contribution is 2.37. The third kappa shape index (κ3) is 5.54. The van der Waals surface area contributed by atoms with Crippen LogP contribution in [-0.2, 0) is 0 Å². The zero-order chi connectivity index (χ0) is 27.5. The van der Waals surface area contributed by atoms with Gasteiger partial charge in [-0.1, -0.05) is 24.3 Å². The van der Waals surface area contributed by atoms with Crippen molar-refractivity contribution in [1.29, 1.82) is 5.26 Å². The summed E-state index contributed by atoms with van der Waals surface area (Å²) in [5, 5.41) is 20.6. The minimum atomic E-state index is -1.23. The maximum Gasteiger partial charge on any atom is 0.405 e. The molecule has 2 aromatic heterocycles. The second-order valence-electron chi connectivity index (χ2n) is 9.92. The van der Waals surface area contributed by atoms with Gasteiger partial charge in [0, 0.05) is 36.0 Å². The van der Waals surface area contributed by atoms with Crippen molar-refractivity contribution in [3.05, 3.63) is 71.8 Å². The lowest BCUT2D eigenvalue weighted by Crippen LogP contribution is -2.35. The maximum atomic E-state index is 15.3. The van der Waals surface area contributed by atoms with E-state index in [1.54, 1.807) is 60.1 Å². The van der Waals surface area contributed by atoms with Crippen LogP contribution >= 0.6 is 0 Å². The van der Waals surface area contributed by atoms with Crippen molar-refractivity contribution in [3.63, 3.8) is 0 Å². The fourth-order valence-electron chi connectivity index (χ4n) is 5.13. The highest BCUT2D eigenvalue weighted by Gasteiger charge is 2.23. The molecule has 2 aromatic carbocycles. The minimum Gasteiger partial charge on any atom is -0.465 e. The van der Waals surface area contributed by atoms with Gasteiger partial charge in [0.2, 0.25) is 0 Å². The van der Waals surface area contributed by atoms with Crippen molar-refractivity contribution in [3.8, 4) is 34.5 Å². The summed E-state index contributed by atoms with van der Waals surface area (Å²) in [4.78, 5) is 22.8. The number of halogens is 1. The predicted molar refractivity (Wildman–Crippen MR) is 144 cm³/mol. The van der Waals surface area contributed by atoms with E-state index < -0.39 is 18.0 Å². The molecule has 4 aromatic rings. The fourth-order valence-corrected chi connectivity index (χ4v) is 5.13. The van der Waals surface area contributed by atoms with E-state index in [0.717, 1.165) is 31.5 Å². The van der Waals surface area contributed by atoms with Crippen LogP contribution in [0, 0.1) is 23.1 Å². The number of nitriles is 1. The molecule has 9 nitrogen and oxygen atoms in total. The van der Waals surface area contributed by atoms with Crippen LogP contribution < -0.4 is 10.1 Å². The molecule has 1 amide bonds. The number of ether oxygens (including phenoxy) is 1. The number of rotatable bonds is 7. The van der Waals surface area contributed by atoms with E-state index in [9.17, 15) is 10.1 Å². The molecule has 3 heterocycles. The van der Waals surface area contributed by atoms with E-state index >= 15 is 4.39 Å². The normalized spacial score (nSPS) is 16.5. The van der Waals surface area contributed by atoms with E-state index in [-0.39, 0.29) is 5.56 Å². The van der Waals surface area contributed by atoms with Crippen molar-refractivity contribution >= 4 is 11.7 Å². The van der Waals surface area contributed by atoms with Gasteiger partial charge in [0.05, 0.1) is 35.5 Å². The smallest absolute Gasteiger partial charge is 0.405 e. The maximum absolute atomic E-state index is 15.3. The number of carbonyl (C=O) groups is 1. The zero-order valence-corrected chi connectivity index (χ0v) is 21.8. The van der Waals surface area contributed by atoms with Crippen molar-refractivity contribution < 1.29 is 19.0 Å². The molecule has 200 valence electrons. The largest absolute Gasteiger partial charge is 0.465 e. The van der Waals surface area contributed by atoms with Crippen LogP contribution in [0.3, 0.4) is 0 Å². The molecule has 5 rings (SSSR count). The van der Waals surface area contributed by atoms with Gasteiger partial charge in [-0.25, -0.2) is 14.2 Å². The average Bonchev–Trinajstić information content (AvgIpc) is 3.41. The van der Waals surface area contributed by atoms with Gasteiger partial charge < -0.3 is 20.1 Å². The Morgan fingerprint density at radius 3 is 2.74 bits per heavy atom. The molecule has 0 saturated carbocycles. The summed E-state index contributed by atoms with van der Waals surface area (Å²) in [6, 6.07) is 13.5. The number of likely N-dealkylation sites (tertiary alicyclic amines) is 1. The van der Waals surface area contributed by atoms with Crippen LogP contribution in [0.1, 0.15) is 36.9 Å². The molecule has 2 atom stereocenters. The SMILES string of the molecule is CC(NC(=O)O)c1ccc(-c2c(-c3ccc(C#N)cc3)nc(OC[C@@H]3CCCN(C)C3)n3ccnc23)cc1F. The number of benzene rings is 2. The van der Waals surface area contributed by atoms with E-state index in [0.29, 0.717) is 46.6 Å². The standard InChI is InChI=1S/C29H29FN6O3/c1-18(33-29(37)38)23-10-9-22(14-24(23)30)25-26(21-7-5-19(15-31)6-8-21)34-28(36-13-11-32-27(25)36)39-17-20-4-3-12-35(2)16-20/h5-11,13-14,18,20,33H,3-4,12,16-17H2,1-2H3,(H,37,38)/t18?,20-/m1/s1. The Kier molecular flexibility index (Phi) is 7.43. The summed E-state index contributed by atoms with van der Waals surface area (Å²) in [6.45, 7) is 4.13. The zero-order valence-electron chi connectivity index (χ0n) is 21.8. The average molecular weight is 529 g/mol. The molecule has 1 aliphatic rings. The number of nitrogens with zero attached hydrogens (tertiary/aromatic N) is 5. The van der Waals surface area contributed by atoms with E-state index in [4.69, 9.17) is 14.8 Å². The Morgan fingerprint density at radius 2 is 2.05 bits per heavy atom. The Bertz CT molecular complexity index is 1550. The molecule has 39 heavy (non-hydrogen) atoms. The monoisotopic (exact) mass is 528 g/mol. The number of hydrogen-bond acceptors (Lipinski definition) is 6. The van der Waals surface area contributed by atoms with Crippen LogP contribution in [0.2, 0.25) is 0 Å². The van der Waals surface area contributed by atoms with Crippen LogP contribution in [-0.4, -0.2) is 57.2 Å². The molecule has 1 unspecified atom stereocenters. The number of carboxylic acid groups (broad SMARTS) is 1. The van der Waals surface area contributed by atoms with Gasteiger partial charge in [-0.3, -0.25) is 4.40 Å². The number of imidazole rings is 1.